The fourth-order valence-corrected chi connectivity index (χ4v) is 1.77. The molecule has 0 aliphatic rings. The first kappa shape index (κ1) is 17.8. The summed E-state index contributed by atoms with van der Waals surface area (Å²) < 4.78 is 15.1. The average molecular weight is 306 g/mol. The summed E-state index contributed by atoms with van der Waals surface area (Å²) in [5.74, 6) is -0.177. The van der Waals surface area contributed by atoms with E-state index in [1.54, 1.807) is 45.0 Å². The van der Waals surface area contributed by atoms with Crippen molar-refractivity contribution >= 4 is 18.0 Å². The number of benzene rings is 1. The molecule has 1 rings (SSSR count). The van der Waals surface area contributed by atoms with Gasteiger partial charge in [0.25, 0.3) is 0 Å². The Labute approximate surface area is 130 Å². The molecular weight excluding hydrogens is 284 g/mol. The van der Waals surface area contributed by atoms with E-state index in [0.717, 1.165) is 5.56 Å². The van der Waals surface area contributed by atoms with Gasteiger partial charge < -0.3 is 14.2 Å². The van der Waals surface area contributed by atoms with Gasteiger partial charge in [0.05, 0.1) is 20.6 Å². The number of hydrogen-bond acceptors (Lipinski definition) is 5. The molecule has 0 heterocycles. The molecule has 0 radical (unpaired) electrons. The molecule has 0 aliphatic heterocycles. The quantitative estimate of drug-likeness (QED) is 0.618. The van der Waals surface area contributed by atoms with E-state index in [0.29, 0.717) is 11.3 Å². The number of methoxy groups -OCH3 is 2. The van der Waals surface area contributed by atoms with E-state index in [-0.39, 0.29) is 12.4 Å². The maximum Gasteiger partial charge on any atom is 0.331 e. The molecule has 0 unspecified atom stereocenters. The van der Waals surface area contributed by atoms with Crippen molar-refractivity contribution in [2.45, 2.75) is 32.8 Å². The van der Waals surface area contributed by atoms with Crippen LogP contribution in [0, 0.1) is 0 Å². The third-order valence-electron chi connectivity index (χ3n) is 2.69. The van der Waals surface area contributed by atoms with Crippen molar-refractivity contribution in [3.63, 3.8) is 0 Å². The van der Waals surface area contributed by atoms with Crippen LogP contribution in [0.1, 0.15) is 31.9 Å². The minimum atomic E-state index is -0.530. The Morgan fingerprint density at radius 1 is 1.18 bits per heavy atom. The first-order chi connectivity index (χ1) is 10.2. The van der Waals surface area contributed by atoms with Gasteiger partial charge in [-0.25, -0.2) is 4.79 Å². The van der Waals surface area contributed by atoms with Crippen LogP contribution in [0.25, 0.3) is 6.08 Å². The molecule has 5 heteroatoms. The maximum absolute atomic E-state index is 11.7. The third-order valence-corrected chi connectivity index (χ3v) is 2.69. The molecule has 0 aromatic heterocycles. The lowest BCUT2D eigenvalue weighted by Gasteiger charge is -2.17. The van der Waals surface area contributed by atoms with Gasteiger partial charge in [0.1, 0.15) is 11.4 Å². The van der Waals surface area contributed by atoms with Crippen molar-refractivity contribution in [3.8, 4) is 5.75 Å². The highest BCUT2D eigenvalue weighted by Crippen LogP contribution is 2.21. The SMILES string of the molecule is COC(=O)Cc1cc(/C=C\C(=O)OC(C)(C)C)ccc1OC. The number of ether oxygens (including phenoxy) is 3. The van der Waals surface area contributed by atoms with Crippen molar-refractivity contribution in [1.82, 2.24) is 0 Å². The van der Waals surface area contributed by atoms with Gasteiger partial charge in [-0.3, -0.25) is 4.79 Å². The van der Waals surface area contributed by atoms with E-state index in [1.807, 2.05) is 0 Å². The topological polar surface area (TPSA) is 61.8 Å². The zero-order chi connectivity index (χ0) is 16.8. The van der Waals surface area contributed by atoms with Crippen molar-refractivity contribution in [3.05, 3.63) is 35.4 Å². The Bertz CT molecular complexity index is 567. The summed E-state index contributed by atoms with van der Waals surface area (Å²) in [5.41, 5.74) is 0.934. The summed E-state index contributed by atoms with van der Waals surface area (Å²) in [5, 5.41) is 0. The minimum Gasteiger partial charge on any atom is -0.496 e. The fourth-order valence-electron chi connectivity index (χ4n) is 1.77. The largest absolute Gasteiger partial charge is 0.496 e. The Morgan fingerprint density at radius 2 is 1.86 bits per heavy atom. The van der Waals surface area contributed by atoms with E-state index in [9.17, 15) is 9.59 Å². The second-order valence-corrected chi connectivity index (χ2v) is 5.69. The molecule has 0 aliphatic carbocycles. The number of esters is 2. The minimum absolute atomic E-state index is 0.105. The van der Waals surface area contributed by atoms with Crippen LogP contribution in [-0.4, -0.2) is 31.8 Å². The molecule has 0 saturated heterocycles. The molecule has 5 nitrogen and oxygen atoms in total. The highest BCUT2D eigenvalue weighted by atomic mass is 16.6. The van der Waals surface area contributed by atoms with Crippen LogP contribution in [0.3, 0.4) is 0 Å². The Hall–Kier alpha value is -2.30. The van der Waals surface area contributed by atoms with Crippen molar-refractivity contribution in [2.24, 2.45) is 0 Å². The molecule has 0 saturated carbocycles. The van der Waals surface area contributed by atoms with Gasteiger partial charge in [-0.15, -0.1) is 0 Å². The Morgan fingerprint density at radius 3 is 2.41 bits per heavy atom. The van der Waals surface area contributed by atoms with Crippen LogP contribution in [0.2, 0.25) is 0 Å². The predicted octanol–water partition coefficient (Wildman–Crippen LogP) is 2.77. The standard InChI is InChI=1S/C17H22O5/c1-17(2,3)22-15(18)9-7-12-6-8-14(20-4)13(10-12)11-16(19)21-5/h6-10H,11H2,1-5H3/b9-7-. The van der Waals surface area contributed by atoms with Crippen LogP contribution in [-0.2, 0) is 25.5 Å². The van der Waals surface area contributed by atoms with Gasteiger partial charge >= 0.3 is 11.9 Å². The average Bonchev–Trinajstić information content (AvgIpc) is 2.43. The molecule has 0 N–H and O–H groups in total. The monoisotopic (exact) mass is 306 g/mol. The lowest BCUT2D eigenvalue weighted by molar-refractivity contribution is -0.148. The summed E-state index contributed by atoms with van der Waals surface area (Å²) in [7, 11) is 2.87. The number of hydrogen-bond donors (Lipinski definition) is 0. The van der Waals surface area contributed by atoms with Gasteiger partial charge in [0.15, 0.2) is 0 Å². The molecule has 0 atom stereocenters. The Balaban J connectivity index is 2.90. The van der Waals surface area contributed by atoms with Gasteiger partial charge in [-0.1, -0.05) is 6.07 Å². The molecular formula is C17H22O5. The van der Waals surface area contributed by atoms with E-state index in [4.69, 9.17) is 9.47 Å². The second-order valence-electron chi connectivity index (χ2n) is 5.69. The third kappa shape index (κ3) is 5.99. The normalized spacial score (nSPS) is 11.3. The Kier molecular flexibility index (Phi) is 6.16. The lowest BCUT2D eigenvalue weighted by atomic mass is 10.1. The van der Waals surface area contributed by atoms with Crippen molar-refractivity contribution in [2.75, 3.05) is 14.2 Å². The second kappa shape index (κ2) is 7.64. The van der Waals surface area contributed by atoms with Gasteiger partial charge in [0.2, 0.25) is 0 Å². The predicted molar refractivity (Wildman–Crippen MR) is 83.6 cm³/mol. The number of carbonyl (C=O) groups excluding carboxylic acids is 2. The van der Waals surface area contributed by atoms with Crippen molar-refractivity contribution in [1.29, 1.82) is 0 Å². The summed E-state index contributed by atoms with van der Waals surface area (Å²) in [6.45, 7) is 5.42. The van der Waals surface area contributed by atoms with Gasteiger partial charge in [-0.05, 0) is 44.5 Å². The molecule has 22 heavy (non-hydrogen) atoms. The maximum atomic E-state index is 11.7. The number of rotatable bonds is 5. The van der Waals surface area contributed by atoms with Gasteiger partial charge in [-0.2, -0.15) is 0 Å². The highest BCUT2D eigenvalue weighted by molar-refractivity contribution is 5.87. The summed E-state index contributed by atoms with van der Waals surface area (Å²) in [6.07, 6.45) is 3.09. The fraction of sp³-hybridized carbons (Fsp3) is 0.412. The first-order valence-electron chi connectivity index (χ1n) is 6.90. The zero-order valence-corrected chi connectivity index (χ0v) is 13.6. The highest BCUT2D eigenvalue weighted by Gasteiger charge is 2.14. The summed E-state index contributed by atoms with van der Waals surface area (Å²) >= 11 is 0. The van der Waals surface area contributed by atoms with Crippen LogP contribution >= 0.6 is 0 Å². The van der Waals surface area contributed by atoms with Crippen LogP contribution in [0.4, 0.5) is 0 Å². The molecule has 0 bridgehead atoms. The van der Waals surface area contributed by atoms with Crippen LogP contribution in [0.15, 0.2) is 24.3 Å². The summed E-state index contributed by atoms with van der Waals surface area (Å²) in [4.78, 5) is 23.1. The lowest BCUT2D eigenvalue weighted by Crippen LogP contribution is -2.22. The van der Waals surface area contributed by atoms with Crippen LogP contribution < -0.4 is 4.74 Å². The molecule has 0 amide bonds. The number of carbonyl (C=O) groups is 2. The van der Waals surface area contributed by atoms with Crippen molar-refractivity contribution < 1.29 is 23.8 Å². The molecule has 0 spiro atoms. The van der Waals surface area contributed by atoms with E-state index >= 15 is 0 Å². The zero-order valence-electron chi connectivity index (χ0n) is 13.6. The smallest absolute Gasteiger partial charge is 0.331 e. The molecule has 1 aromatic rings. The molecule has 120 valence electrons. The molecule has 0 fully saturated rings. The first-order valence-corrected chi connectivity index (χ1v) is 6.90. The molecule has 1 aromatic carbocycles. The van der Waals surface area contributed by atoms with E-state index < -0.39 is 11.6 Å². The van der Waals surface area contributed by atoms with Crippen LogP contribution in [0.5, 0.6) is 5.75 Å². The van der Waals surface area contributed by atoms with Gasteiger partial charge in [0, 0.05) is 11.6 Å². The summed E-state index contributed by atoms with van der Waals surface area (Å²) in [6, 6.07) is 5.31. The van der Waals surface area contributed by atoms with E-state index in [1.165, 1.54) is 20.3 Å². The van der Waals surface area contributed by atoms with E-state index in [2.05, 4.69) is 4.74 Å².